The molecule has 6 heteroatoms. The summed E-state index contributed by atoms with van der Waals surface area (Å²) in [6.07, 6.45) is 0. The van der Waals surface area contributed by atoms with E-state index in [0.29, 0.717) is 16.1 Å². The molecule has 2 rings (SSSR count). The lowest BCUT2D eigenvalue weighted by atomic mass is 10.2. The van der Waals surface area contributed by atoms with E-state index in [1.54, 1.807) is 24.9 Å². The van der Waals surface area contributed by atoms with Gasteiger partial charge in [-0.15, -0.1) is 5.10 Å². The van der Waals surface area contributed by atoms with E-state index in [9.17, 15) is 0 Å². The van der Waals surface area contributed by atoms with Gasteiger partial charge in [-0.3, -0.25) is 5.10 Å². The summed E-state index contributed by atoms with van der Waals surface area (Å²) < 4.78 is 5.29. The third-order valence-electron chi connectivity index (χ3n) is 2.22. The topological polar surface area (TPSA) is 50.8 Å². The third-order valence-corrected chi connectivity index (χ3v) is 3.32. The van der Waals surface area contributed by atoms with Crippen molar-refractivity contribution in [2.45, 2.75) is 24.3 Å². The number of hydrogen-bond donors (Lipinski definition) is 1. The van der Waals surface area contributed by atoms with Gasteiger partial charge in [0.15, 0.2) is 5.82 Å². The maximum absolute atomic E-state index is 5.99. The lowest BCUT2D eigenvalue weighted by Crippen LogP contribution is -1.90. The number of aromatic nitrogens is 3. The third kappa shape index (κ3) is 2.97. The van der Waals surface area contributed by atoms with Gasteiger partial charge in [0.1, 0.15) is 5.75 Å². The number of ether oxygens (including phenoxy) is 1. The SMILES string of the molecule is COc1ccc(Cl)cc1-c1nc(SC(C)C)n[nH]1. The Kier molecular flexibility index (Phi) is 4.14. The molecule has 0 aliphatic carbocycles. The Morgan fingerprint density at radius 3 is 2.83 bits per heavy atom. The zero-order valence-electron chi connectivity index (χ0n) is 10.4. The number of hydrogen-bond acceptors (Lipinski definition) is 4. The van der Waals surface area contributed by atoms with E-state index >= 15 is 0 Å². The Bertz CT molecular complexity index is 542. The molecule has 0 radical (unpaired) electrons. The number of benzene rings is 1. The van der Waals surface area contributed by atoms with Crippen molar-refractivity contribution in [1.82, 2.24) is 15.2 Å². The largest absolute Gasteiger partial charge is 0.496 e. The zero-order valence-corrected chi connectivity index (χ0v) is 12.0. The van der Waals surface area contributed by atoms with Crippen molar-refractivity contribution in [3.8, 4) is 17.1 Å². The molecule has 1 N–H and O–H groups in total. The van der Waals surface area contributed by atoms with Crippen LogP contribution in [0.25, 0.3) is 11.4 Å². The van der Waals surface area contributed by atoms with Crippen molar-refractivity contribution in [3.63, 3.8) is 0 Å². The molecule has 96 valence electrons. The second kappa shape index (κ2) is 5.63. The lowest BCUT2D eigenvalue weighted by molar-refractivity contribution is 0.416. The zero-order chi connectivity index (χ0) is 13.1. The highest BCUT2D eigenvalue weighted by Crippen LogP contribution is 2.31. The van der Waals surface area contributed by atoms with Crippen LogP contribution in [0.2, 0.25) is 5.02 Å². The van der Waals surface area contributed by atoms with E-state index in [2.05, 4.69) is 29.0 Å². The molecular weight excluding hydrogens is 270 g/mol. The summed E-state index contributed by atoms with van der Waals surface area (Å²) in [4.78, 5) is 4.43. The molecule has 18 heavy (non-hydrogen) atoms. The van der Waals surface area contributed by atoms with Gasteiger partial charge in [0.2, 0.25) is 5.16 Å². The molecule has 0 spiro atoms. The minimum absolute atomic E-state index is 0.440. The van der Waals surface area contributed by atoms with Gasteiger partial charge >= 0.3 is 0 Å². The smallest absolute Gasteiger partial charge is 0.208 e. The van der Waals surface area contributed by atoms with E-state index in [-0.39, 0.29) is 0 Å². The molecule has 0 unspecified atom stereocenters. The normalized spacial score (nSPS) is 10.9. The van der Waals surface area contributed by atoms with Crippen molar-refractivity contribution in [2.75, 3.05) is 7.11 Å². The number of H-pyrrole nitrogens is 1. The number of rotatable bonds is 4. The molecule has 1 aromatic carbocycles. The molecule has 2 aromatic rings. The van der Waals surface area contributed by atoms with Crippen LogP contribution < -0.4 is 4.74 Å². The second-order valence-corrected chi connectivity index (χ2v) is 5.96. The van der Waals surface area contributed by atoms with Gasteiger partial charge in [-0.05, 0) is 18.2 Å². The maximum atomic E-state index is 5.99. The Labute approximate surface area is 115 Å². The number of nitrogens with one attached hydrogen (secondary N) is 1. The van der Waals surface area contributed by atoms with E-state index in [0.717, 1.165) is 16.5 Å². The number of methoxy groups -OCH3 is 1. The van der Waals surface area contributed by atoms with E-state index in [4.69, 9.17) is 16.3 Å². The molecule has 0 atom stereocenters. The van der Waals surface area contributed by atoms with Gasteiger partial charge in [-0.2, -0.15) is 0 Å². The van der Waals surface area contributed by atoms with Crippen molar-refractivity contribution < 1.29 is 4.74 Å². The molecule has 1 heterocycles. The molecule has 0 aliphatic rings. The highest BCUT2D eigenvalue weighted by Gasteiger charge is 2.12. The monoisotopic (exact) mass is 283 g/mol. The van der Waals surface area contributed by atoms with Crippen LogP contribution in [-0.2, 0) is 0 Å². The van der Waals surface area contributed by atoms with Gasteiger partial charge in [-0.25, -0.2) is 4.98 Å². The molecule has 0 aliphatic heterocycles. The van der Waals surface area contributed by atoms with Crippen molar-refractivity contribution in [1.29, 1.82) is 0 Å². The fourth-order valence-corrected chi connectivity index (χ4v) is 2.33. The molecule has 0 bridgehead atoms. The fourth-order valence-electron chi connectivity index (χ4n) is 1.50. The first-order chi connectivity index (χ1) is 8.60. The molecule has 0 saturated carbocycles. The first-order valence-corrected chi connectivity index (χ1v) is 6.79. The molecule has 0 fully saturated rings. The van der Waals surface area contributed by atoms with Crippen molar-refractivity contribution in [2.24, 2.45) is 0 Å². The highest BCUT2D eigenvalue weighted by atomic mass is 35.5. The van der Waals surface area contributed by atoms with Crippen LogP contribution >= 0.6 is 23.4 Å². The Morgan fingerprint density at radius 1 is 1.39 bits per heavy atom. The summed E-state index contributed by atoms with van der Waals surface area (Å²) in [7, 11) is 1.62. The van der Waals surface area contributed by atoms with Gasteiger partial charge in [0.25, 0.3) is 0 Å². The van der Waals surface area contributed by atoms with Crippen LogP contribution in [0.5, 0.6) is 5.75 Å². The van der Waals surface area contributed by atoms with E-state index in [1.165, 1.54) is 0 Å². The van der Waals surface area contributed by atoms with Crippen LogP contribution in [0.3, 0.4) is 0 Å². The summed E-state index contributed by atoms with van der Waals surface area (Å²) in [5.74, 6) is 1.38. The lowest BCUT2D eigenvalue weighted by Gasteiger charge is -2.05. The molecule has 4 nitrogen and oxygen atoms in total. The van der Waals surface area contributed by atoms with Crippen molar-refractivity contribution >= 4 is 23.4 Å². The van der Waals surface area contributed by atoms with E-state index in [1.807, 2.05) is 12.1 Å². The van der Waals surface area contributed by atoms with Crippen LogP contribution in [0.15, 0.2) is 23.4 Å². The quantitative estimate of drug-likeness (QED) is 0.871. The van der Waals surface area contributed by atoms with Crippen LogP contribution in [0.4, 0.5) is 0 Å². The minimum Gasteiger partial charge on any atom is -0.496 e. The Hall–Kier alpha value is -1.20. The highest BCUT2D eigenvalue weighted by molar-refractivity contribution is 7.99. The fraction of sp³-hybridized carbons (Fsp3) is 0.333. The van der Waals surface area contributed by atoms with E-state index < -0.39 is 0 Å². The van der Waals surface area contributed by atoms with Crippen LogP contribution in [0, 0.1) is 0 Å². The number of aromatic amines is 1. The van der Waals surface area contributed by atoms with Gasteiger partial charge in [0, 0.05) is 10.3 Å². The molecular formula is C12H14ClN3OS. The predicted molar refractivity (Wildman–Crippen MR) is 74.4 cm³/mol. The molecule has 1 aromatic heterocycles. The Morgan fingerprint density at radius 2 is 2.17 bits per heavy atom. The van der Waals surface area contributed by atoms with Crippen LogP contribution in [-0.4, -0.2) is 27.5 Å². The average molecular weight is 284 g/mol. The maximum Gasteiger partial charge on any atom is 0.208 e. The summed E-state index contributed by atoms with van der Waals surface area (Å²) in [6.45, 7) is 4.20. The summed E-state index contributed by atoms with van der Waals surface area (Å²) in [6, 6.07) is 5.41. The average Bonchev–Trinajstić information content (AvgIpc) is 2.76. The second-order valence-electron chi connectivity index (χ2n) is 3.98. The Balaban J connectivity index is 2.36. The number of nitrogens with zero attached hydrogens (tertiary/aromatic N) is 2. The molecule has 0 amide bonds. The van der Waals surface area contributed by atoms with Crippen LogP contribution in [0.1, 0.15) is 13.8 Å². The van der Waals surface area contributed by atoms with Gasteiger partial charge < -0.3 is 4.74 Å². The minimum atomic E-state index is 0.440. The molecule has 0 saturated heterocycles. The summed E-state index contributed by atoms with van der Waals surface area (Å²) >= 11 is 7.60. The standard InChI is InChI=1S/C12H14ClN3OS/c1-7(2)18-12-14-11(15-16-12)9-6-8(13)4-5-10(9)17-3/h4-7H,1-3H3,(H,14,15,16). The number of thioether (sulfide) groups is 1. The predicted octanol–water partition coefficient (Wildman–Crippen LogP) is 3.63. The summed E-state index contributed by atoms with van der Waals surface area (Å²) in [5.41, 5.74) is 0.813. The number of halogens is 1. The van der Waals surface area contributed by atoms with Gasteiger partial charge in [0.05, 0.1) is 12.7 Å². The summed E-state index contributed by atoms with van der Waals surface area (Å²) in [5, 5.41) is 8.88. The van der Waals surface area contributed by atoms with Gasteiger partial charge in [-0.1, -0.05) is 37.2 Å². The van der Waals surface area contributed by atoms with Crippen molar-refractivity contribution in [3.05, 3.63) is 23.2 Å². The first kappa shape index (κ1) is 13.2. The first-order valence-electron chi connectivity index (χ1n) is 5.53.